The lowest BCUT2D eigenvalue weighted by atomic mass is 10.1. The minimum absolute atomic E-state index is 0.0886. The zero-order valence-corrected chi connectivity index (χ0v) is 13.3. The summed E-state index contributed by atoms with van der Waals surface area (Å²) in [7, 11) is 1.78. The molecule has 20 heavy (non-hydrogen) atoms. The second-order valence-electron chi connectivity index (χ2n) is 5.72. The van der Waals surface area contributed by atoms with Gasteiger partial charge in [0.05, 0.1) is 6.42 Å². The van der Waals surface area contributed by atoms with Crippen molar-refractivity contribution in [3.8, 4) is 0 Å². The molecule has 0 heterocycles. The summed E-state index contributed by atoms with van der Waals surface area (Å²) in [6.45, 7) is 2.65. The molecule has 120 valence electrons. The van der Waals surface area contributed by atoms with E-state index in [1.165, 1.54) is 44.9 Å². The Labute approximate surface area is 124 Å². The minimum Gasteiger partial charge on any atom is -0.481 e. The van der Waals surface area contributed by atoms with E-state index in [0.29, 0.717) is 6.54 Å². The van der Waals surface area contributed by atoms with Crippen LogP contribution in [0.25, 0.3) is 0 Å². The molecule has 0 amide bonds. The molecular weight excluding hydrogens is 254 g/mol. The predicted molar refractivity (Wildman–Crippen MR) is 82.7 cm³/mol. The molecule has 0 saturated carbocycles. The molecule has 0 aromatic heterocycles. The van der Waals surface area contributed by atoms with Crippen molar-refractivity contribution in [3.63, 3.8) is 0 Å². The molecule has 0 rings (SSSR count). The Morgan fingerprint density at radius 2 is 1.50 bits per heavy atom. The molecule has 0 aliphatic rings. The Hall–Kier alpha value is -0.610. The first kappa shape index (κ1) is 19.4. The maximum atomic E-state index is 10.4. The second kappa shape index (κ2) is 13.4. The van der Waals surface area contributed by atoms with Gasteiger partial charge in [0, 0.05) is 6.54 Å². The van der Waals surface area contributed by atoms with Gasteiger partial charge in [0.2, 0.25) is 0 Å². The third kappa shape index (κ3) is 12.4. The molecule has 0 bridgehead atoms. The number of carboxylic acid groups (broad SMARTS) is 1. The van der Waals surface area contributed by atoms with Crippen LogP contribution in [0.15, 0.2) is 0 Å². The number of carbonyl (C=O) groups is 1. The Balaban J connectivity index is 3.34. The molecule has 0 spiro atoms. The van der Waals surface area contributed by atoms with Crippen molar-refractivity contribution < 1.29 is 15.0 Å². The first-order chi connectivity index (χ1) is 9.57. The molecule has 0 saturated heterocycles. The zero-order valence-electron chi connectivity index (χ0n) is 13.3. The van der Waals surface area contributed by atoms with Crippen LogP contribution in [0.3, 0.4) is 0 Å². The number of carboxylic acids is 1. The summed E-state index contributed by atoms with van der Waals surface area (Å²) in [5.41, 5.74) is 0. The number of aliphatic hydroxyl groups excluding tert-OH is 1. The van der Waals surface area contributed by atoms with Crippen molar-refractivity contribution >= 4 is 5.97 Å². The SMILES string of the molecule is CCCCCCCCCCCC(O)N(C)CCC(=O)O. The van der Waals surface area contributed by atoms with Crippen LogP contribution in [0.2, 0.25) is 0 Å². The highest BCUT2D eigenvalue weighted by Crippen LogP contribution is 2.12. The third-order valence-corrected chi connectivity index (χ3v) is 3.75. The molecule has 1 atom stereocenters. The van der Waals surface area contributed by atoms with Gasteiger partial charge in [-0.25, -0.2) is 0 Å². The molecule has 0 fully saturated rings. The van der Waals surface area contributed by atoms with Crippen LogP contribution in [0, 0.1) is 0 Å². The molecular formula is C16H33NO3. The lowest BCUT2D eigenvalue weighted by Crippen LogP contribution is -2.33. The molecule has 4 nitrogen and oxygen atoms in total. The first-order valence-electron chi connectivity index (χ1n) is 8.18. The van der Waals surface area contributed by atoms with Crippen molar-refractivity contribution in [3.05, 3.63) is 0 Å². The van der Waals surface area contributed by atoms with Crippen LogP contribution >= 0.6 is 0 Å². The fourth-order valence-electron chi connectivity index (χ4n) is 2.28. The summed E-state index contributed by atoms with van der Waals surface area (Å²) in [5.74, 6) is -0.813. The van der Waals surface area contributed by atoms with Crippen molar-refractivity contribution in [1.82, 2.24) is 4.90 Å². The maximum absolute atomic E-state index is 10.4. The summed E-state index contributed by atoms with van der Waals surface area (Å²) in [4.78, 5) is 12.2. The van der Waals surface area contributed by atoms with Crippen molar-refractivity contribution in [2.45, 2.75) is 83.8 Å². The quantitative estimate of drug-likeness (QED) is 0.378. The van der Waals surface area contributed by atoms with E-state index in [4.69, 9.17) is 5.11 Å². The Morgan fingerprint density at radius 3 is 2.00 bits per heavy atom. The molecule has 1 unspecified atom stereocenters. The van der Waals surface area contributed by atoms with Crippen molar-refractivity contribution in [1.29, 1.82) is 0 Å². The van der Waals surface area contributed by atoms with Crippen LogP contribution in [-0.4, -0.2) is 40.9 Å². The first-order valence-corrected chi connectivity index (χ1v) is 8.18. The largest absolute Gasteiger partial charge is 0.481 e. The van der Waals surface area contributed by atoms with Gasteiger partial charge < -0.3 is 10.2 Å². The van der Waals surface area contributed by atoms with Crippen molar-refractivity contribution in [2.75, 3.05) is 13.6 Å². The summed E-state index contributed by atoms with van der Waals surface area (Å²) < 4.78 is 0. The molecule has 0 aromatic rings. The van der Waals surface area contributed by atoms with Gasteiger partial charge in [-0.05, 0) is 19.9 Å². The highest BCUT2D eigenvalue weighted by atomic mass is 16.4. The van der Waals surface area contributed by atoms with Gasteiger partial charge in [-0.3, -0.25) is 9.69 Å². The Kier molecular flexibility index (Phi) is 13.0. The number of aliphatic hydroxyl groups is 1. The number of aliphatic carboxylic acids is 1. The van der Waals surface area contributed by atoms with Gasteiger partial charge in [-0.1, -0.05) is 58.3 Å². The molecule has 2 N–H and O–H groups in total. The van der Waals surface area contributed by atoms with Gasteiger partial charge >= 0.3 is 5.97 Å². The standard InChI is InChI=1S/C16H33NO3/c1-3-4-5-6-7-8-9-10-11-12-15(18)17(2)14-13-16(19)20/h15,18H,3-14H2,1-2H3,(H,19,20). The fourth-order valence-corrected chi connectivity index (χ4v) is 2.28. The second-order valence-corrected chi connectivity index (χ2v) is 5.72. The smallest absolute Gasteiger partial charge is 0.304 e. The van der Waals surface area contributed by atoms with Crippen LogP contribution in [0.5, 0.6) is 0 Å². The number of unbranched alkanes of at least 4 members (excludes halogenated alkanes) is 8. The van der Waals surface area contributed by atoms with Crippen LogP contribution < -0.4 is 0 Å². The topological polar surface area (TPSA) is 60.8 Å². The van der Waals surface area contributed by atoms with E-state index in [-0.39, 0.29) is 6.42 Å². The van der Waals surface area contributed by atoms with E-state index in [0.717, 1.165) is 19.3 Å². The third-order valence-electron chi connectivity index (χ3n) is 3.75. The summed E-state index contributed by atoms with van der Waals surface area (Å²) in [6.07, 6.45) is 11.8. The fraction of sp³-hybridized carbons (Fsp3) is 0.938. The summed E-state index contributed by atoms with van der Waals surface area (Å²) in [6, 6.07) is 0. The van der Waals surface area contributed by atoms with Crippen molar-refractivity contribution in [2.24, 2.45) is 0 Å². The van der Waals surface area contributed by atoms with Crippen LogP contribution in [0.1, 0.15) is 77.6 Å². The van der Waals surface area contributed by atoms with E-state index in [9.17, 15) is 9.90 Å². The zero-order chi connectivity index (χ0) is 15.2. The molecule has 0 aliphatic carbocycles. The van der Waals surface area contributed by atoms with Gasteiger partial charge in [0.15, 0.2) is 0 Å². The summed E-state index contributed by atoms with van der Waals surface area (Å²) in [5, 5.41) is 18.4. The number of hydrogen-bond acceptors (Lipinski definition) is 3. The van der Waals surface area contributed by atoms with Crippen LogP contribution in [-0.2, 0) is 4.79 Å². The average molecular weight is 287 g/mol. The summed E-state index contributed by atoms with van der Waals surface area (Å²) >= 11 is 0. The van der Waals surface area contributed by atoms with E-state index in [2.05, 4.69) is 6.92 Å². The van der Waals surface area contributed by atoms with Gasteiger partial charge in [-0.15, -0.1) is 0 Å². The lowest BCUT2D eigenvalue weighted by Gasteiger charge is -2.22. The molecule has 0 aliphatic heterocycles. The Bertz CT molecular complexity index is 234. The monoisotopic (exact) mass is 287 g/mol. The maximum Gasteiger partial charge on any atom is 0.304 e. The number of rotatable bonds is 14. The minimum atomic E-state index is -0.813. The van der Waals surface area contributed by atoms with E-state index < -0.39 is 12.2 Å². The van der Waals surface area contributed by atoms with E-state index in [1.807, 2.05) is 0 Å². The van der Waals surface area contributed by atoms with Gasteiger partial charge in [0.25, 0.3) is 0 Å². The lowest BCUT2D eigenvalue weighted by molar-refractivity contribution is -0.137. The molecule has 0 radical (unpaired) electrons. The Morgan fingerprint density at radius 1 is 1.00 bits per heavy atom. The van der Waals surface area contributed by atoms with E-state index >= 15 is 0 Å². The average Bonchev–Trinajstić information content (AvgIpc) is 2.42. The van der Waals surface area contributed by atoms with Gasteiger partial charge in [-0.2, -0.15) is 0 Å². The molecule has 4 heteroatoms. The molecule has 0 aromatic carbocycles. The number of nitrogens with zero attached hydrogens (tertiary/aromatic N) is 1. The predicted octanol–water partition coefficient (Wildman–Crippen LogP) is 3.63. The highest BCUT2D eigenvalue weighted by molar-refractivity contribution is 5.66. The highest BCUT2D eigenvalue weighted by Gasteiger charge is 2.11. The number of hydrogen-bond donors (Lipinski definition) is 2. The van der Waals surface area contributed by atoms with Crippen LogP contribution in [0.4, 0.5) is 0 Å². The van der Waals surface area contributed by atoms with Gasteiger partial charge in [0.1, 0.15) is 6.23 Å². The normalized spacial score (nSPS) is 12.8. The van der Waals surface area contributed by atoms with E-state index in [1.54, 1.807) is 11.9 Å².